The Morgan fingerprint density at radius 2 is 0.965 bits per heavy atom. The zero-order chi connectivity index (χ0) is 59.2. The van der Waals surface area contributed by atoms with Crippen molar-refractivity contribution in [3.8, 4) is 44.5 Å². The zero-order valence-electron chi connectivity index (χ0n) is 50.8. The van der Waals surface area contributed by atoms with Gasteiger partial charge in [-0.05, 0) is 151 Å². The lowest BCUT2D eigenvalue weighted by molar-refractivity contribution is 0.590. The molecule has 0 saturated carbocycles. The third-order valence-electron chi connectivity index (χ3n) is 17.5. The van der Waals surface area contributed by atoms with Gasteiger partial charge in [-0.25, -0.2) is 9.97 Å². The molecule has 5 nitrogen and oxygen atoms in total. The van der Waals surface area contributed by atoms with Gasteiger partial charge in [0.2, 0.25) is 0 Å². The average Bonchev–Trinajstić information content (AvgIpc) is 1.23. The number of anilines is 9. The SMILES string of the molecule is Cc1cc2c3c(c1)N(c1ccc(C(C)(C)C)cc1)c1c(sc4ccc(C(C)(C)C)cc14)B3c1ccc(N(c3ccccc3-c3ccccc3)c3ccccc3-c3ccccc3)cc1N2c1cc(-c2cncnc2)c(C(C)(C)C)cc1-c1ccccc1. The number of hydrogen-bond acceptors (Lipinski definition) is 6. The number of hydrogen-bond donors (Lipinski definition) is 0. The monoisotopic (exact) mass is 1130 g/mol. The van der Waals surface area contributed by atoms with Crippen molar-refractivity contribution >= 4 is 95.0 Å². The number of nitrogens with zero attached hydrogens (tertiary/aromatic N) is 5. The summed E-state index contributed by atoms with van der Waals surface area (Å²) in [5.41, 5.74) is 26.4. The van der Waals surface area contributed by atoms with Crippen molar-refractivity contribution in [2.45, 2.75) is 85.5 Å². The summed E-state index contributed by atoms with van der Waals surface area (Å²) in [5, 5.41) is 1.28. The van der Waals surface area contributed by atoms with E-state index in [-0.39, 0.29) is 23.0 Å². The van der Waals surface area contributed by atoms with Gasteiger partial charge in [0.05, 0.1) is 22.7 Å². The Kier molecular flexibility index (Phi) is 13.4. The molecule has 2 aliphatic rings. The summed E-state index contributed by atoms with van der Waals surface area (Å²) in [4.78, 5) is 17.1. The molecule has 12 aromatic rings. The van der Waals surface area contributed by atoms with Crippen LogP contribution in [0, 0.1) is 6.92 Å². The Morgan fingerprint density at radius 3 is 1.53 bits per heavy atom. The van der Waals surface area contributed by atoms with Gasteiger partial charge in [0.1, 0.15) is 6.33 Å². The van der Waals surface area contributed by atoms with E-state index in [1.807, 2.05) is 23.7 Å². The summed E-state index contributed by atoms with van der Waals surface area (Å²) in [6, 6.07) is 84.3. The molecular weight excluding hydrogens is 1060 g/mol. The molecule has 0 fully saturated rings. The molecule has 0 amide bonds. The average molecular weight is 1130 g/mol. The maximum Gasteiger partial charge on any atom is 0.264 e. The lowest BCUT2D eigenvalue weighted by atomic mass is 9.36. The van der Waals surface area contributed by atoms with Crippen molar-refractivity contribution in [3.63, 3.8) is 0 Å². The number of fused-ring (bicyclic) bond motifs is 6. The van der Waals surface area contributed by atoms with Crippen LogP contribution in [0.5, 0.6) is 0 Å². The molecule has 2 aliphatic heterocycles. The minimum absolute atomic E-state index is 0.00844. The molecule has 0 saturated heterocycles. The molecular formula is C79H70BN5S. The van der Waals surface area contributed by atoms with Gasteiger partial charge in [-0.15, -0.1) is 11.3 Å². The van der Waals surface area contributed by atoms with Gasteiger partial charge in [0.15, 0.2) is 0 Å². The lowest BCUT2D eigenvalue weighted by Gasteiger charge is -2.44. The van der Waals surface area contributed by atoms with Crippen molar-refractivity contribution in [1.29, 1.82) is 0 Å². The van der Waals surface area contributed by atoms with Crippen LogP contribution < -0.4 is 30.4 Å². The number of benzene rings is 10. The highest BCUT2D eigenvalue weighted by atomic mass is 32.1. The fourth-order valence-electron chi connectivity index (χ4n) is 13.2. The van der Waals surface area contributed by atoms with E-state index in [2.05, 4.69) is 318 Å². The molecule has 0 spiro atoms. The van der Waals surface area contributed by atoms with Gasteiger partial charge < -0.3 is 14.7 Å². The first-order valence-electron chi connectivity index (χ1n) is 30.1. The molecule has 10 aromatic carbocycles. The van der Waals surface area contributed by atoms with Gasteiger partial charge >= 0.3 is 0 Å². The fourth-order valence-corrected chi connectivity index (χ4v) is 14.5. The summed E-state index contributed by atoms with van der Waals surface area (Å²) in [6.45, 7) is 23.0. The first-order chi connectivity index (χ1) is 41.5. The summed E-state index contributed by atoms with van der Waals surface area (Å²) in [7, 11) is 0. The third kappa shape index (κ3) is 9.50. The lowest BCUT2D eigenvalue weighted by Crippen LogP contribution is -2.60. The smallest absolute Gasteiger partial charge is 0.264 e. The van der Waals surface area contributed by atoms with E-state index >= 15 is 0 Å². The molecule has 2 aromatic heterocycles. The van der Waals surface area contributed by atoms with Crippen molar-refractivity contribution in [3.05, 3.63) is 265 Å². The van der Waals surface area contributed by atoms with Gasteiger partial charge in [0.25, 0.3) is 6.71 Å². The van der Waals surface area contributed by atoms with E-state index in [1.54, 1.807) is 6.33 Å². The number of rotatable bonds is 9. The van der Waals surface area contributed by atoms with E-state index in [0.717, 1.165) is 84.3 Å². The number of para-hydroxylation sites is 2. The second-order valence-corrected chi connectivity index (χ2v) is 27.5. The van der Waals surface area contributed by atoms with Gasteiger partial charge in [-0.1, -0.05) is 214 Å². The van der Waals surface area contributed by atoms with Gasteiger partial charge in [0, 0.05) is 77.9 Å². The van der Waals surface area contributed by atoms with E-state index in [1.165, 1.54) is 59.4 Å². The van der Waals surface area contributed by atoms with E-state index in [9.17, 15) is 0 Å². The number of aromatic nitrogens is 2. The van der Waals surface area contributed by atoms with Crippen LogP contribution in [-0.4, -0.2) is 16.7 Å². The molecule has 4 heterocycles. The topological polar surface area (TPSA) is 35.5 Å². The van der Waals surface area contributed by atoms with E-state index in [0.29, 0.717) is 0 Å². The van der Waals surface area contributed by atoms with Crippen molar-refractivity contribution in [2.75, 3.05) is 14.7 Å². The molecule has 14 rings (SSSR count). The minimum Gasteiger partial charge on any atom is -0.311 e. The molecule has 0 N–H and O–H groups in total. The Balaban J connectivity index is 1.13. The second-order valence-electron chi connectivity index (χ2n) is 26.4. The van der Waals surface area contributed by atoms with Crippen LogP contribution in [0.25, 0.3) is 54.6 Å². The minimum atomic E-state index is -0.236. The maximum atomic E-state index is 4.66. The van der Waals surface area contributed by atoms with Crippen LogP contribution in [0.15, 0.2) is 243 Å². The van der Waals surface area contributed by atoms with Crippen LogP contribution in [0.3, 0.4) is 0 Å². The predicted molar refractivity (Wildman–Crippen MR) is 369 cm³/mol. The highest BCUT2D eigenvalue weighted by Gasteiger charge is 2.46. The molecule has 0 unspecified atom stereocenters. The highest BCUT2D eigenvalue weighted by Crippen LogP contribution is 2.54. The Morgan fingerprint density at radius 1 is 0.430 bits per heavy atom. The number of thiophene rings is 1. The summed E-state index contributed by atoms with van der Waals surface area (Å²) in [5.74, 6) is 0. The Hall–Kier alpha value is -9.30. The van der Waals surface area contributed by atoms with Crippen molar-refractivity contribution < 1.29 is 0 Å². The van der Waals surface area contributed by atoms with Crippen molar-refractivity contribution in [1.82, 2.24) is 9.97 Å². The highest BCUT2D eigenvalue weighted by molar-refractivity contribution is 7.33. The largest absolute Gasteiger partial charge is 0.311 e. The summed E-state index contributed by atoms with van der Waals surface area (Å²) < 4.78 is 2.62. The van der Waals surface area contributed by atoms with Crippen molar-refractivity contribution in [2.24, 2.45) is 0 Å². The normalized spacial score (nSPS) is 12.9. The summed E-state index contributed by atoms with van der Waals surface area (Å²) >= 11 is 1.95. The Bertz CT molecular complexity index is 4450. The molecule has 86 heavy (non-hydrogen) atoms. The first kappa shape index (κ1) is 54.6. The number of aryl methyl sites for hydroxylation is 1. The molecule has 0 atom stereocenters. The van der Waals surface area contributed by atoms with Crippen LogP contribution >= 0.6 is 11.3 Å². The summed E-state index contributed by atoms with van der Waals surface area (Å²) in [6.07, 6.45) is 5.58. The molecule has 0 aliphatic carbocycles. The molecule has 420 valence electrons. The molecule has 7 heteroatoms. The zero-order valence-corrected chi connectivity index (χ0v) is 51.6. The maximum absolute atomic E-state index is 4.66. The Labute approximate surface area is 512 Å². The molecule has 0 bridgehead atoms. The quantitative estimate of drug-likeness (QED) is 0.135. The fraction of sp³-hybridized carbons (Fsp3) is 0.165. The van der Waals surface area contributed by atoms with Gasteiger partial charge in [-0.2, -0.15) is 0 Å². The van der Waals surface area contributed by atoms with Crippen LogP contribution in [0.2, 0.25) is 0 Å². The second kappa shape index (κ2) is 21.0. The first-order valence-corrected chi connectivity index (χ1v) is 31.0. The van der Waals surface area contributed by atoms with E-state index in [4.69, 9.17) is 0 Å². The molecule has 0 radical (unpaired) electrons. The predicted octanol–water partition coefficient (Wildman–Crippen LogP) is 20.1. The third-order valence-corrected chi connectivity index (χ3v) is 18.7. The van der Waals surface area contributed by atoms with Crippen LogP contribution in [0.4, 0.5) is 51.2 Å². The van der Waals surface area contributed by atoms with E-state index < -0.39 is 0 Å². The standard InChI is InChI=1S/C79H70BN5S/c1-51-42-71-74-72(43-51)85(69-47-62(55-48-81-50-82-49-55)65(79(8,9)10)46-63(69)54-28-18-13-19-29-54)70-45-59(83(67-32-22-20-30-60(67)52-24-14-11-15-25-52)68-33-23-21-31-61(68)53-26-16-12-17-27-53)39-40-66(70)80(74)76-75(64-44-57(78(5,6)7)36-41-73(64)86-76)84(71)58-37-34-56(35-38-58)77(2,3)4/h11-50H,1-10H3. The van der Waals surface area contributed by atoms with Gasteiger partial charge in [-0.3, -0.25) is 0 Å². The van der Waals surface area contributed by atoms with Crippen LogP contribution in [-0.2, 0) is 16.2 Å². The van der Waals surface area contributed by atoms with Crippen LogP contribution in [0.1, 0.15) is 84.6 Å².